The zero-order chi connectivity index (χ0) is 18.1. The summed E-state index contributed by atoms with van der Waals surface area (Å²) in [5.74, 6) is 0.00522. The van der Waals surface area contributed by atoms with Crippen LogP contribution < -0.4 is 10.6 Å². The Morgan fingerprint density at radius 1 is 1.32 bits per heavy atom. The highest BCUT2D eigenvalue weighted by molar-refractivity contribution is 5.89. The molecule has 0 bridgehead atoms. The Balaban J connectivity index is 1.74. The lowest BCUT2D eigenvalue weighted by atomic mass is 9.93. The molecule has 25 heavy (non-hydrogen) atoms. The zero-order valence-corrected chi connectivity index (χ0v) is 14.6. The van der Waals surface area contributed by atoms with E-state index in [1.807, 2.05) is 0 Å². The third kappa shape index (κ3) is 6.70. The first-order valence-corrected chi connectivity index (χ1v) is 8.65. The summed E-state index contributed by atoms with van der Waals surface area (Å²) < 4.78 is 17.8. The minimum atomic E-state index is -0.334. The highest BCUT2D eigenvalue weighted by Crippen LogP contribution is 2.22. The summed E-state index contributed by atoms with van der Waals surface area (Å²) in [5.41, 5.74) is 0.575. The third-order valence-corrected chi connectivity index (χ3v) is 4.31. The van der Waals surface area contributed by atoms with E-state index in [0.29, 0.717) is 44.3 Å². The van der Waals surface area contributed by atoms with Gasteiger partial charge in [0.1, 0.15) is 5.82 Å². The molecule has 0 spiro atoms. The summed E-state index contributed by atoms with van der Waals surface area (Å²) >= 11 is 0. The molecule has 0 unspecified atom stereocenters. The Hall–Kier alpha value is -2.15. The van der Waals surface area contributed by atoms with Gasteiger partial charge in [-0.25, -0.2) is 9.18 Å². The van der Waals surface area contributed by atoms with Crippen molar-refractivity contribution in [2.24, 2.45) is 5.92 Å². The molecule has 1 heterocycles. The van der Waals surface area contributed by atoms with E-state index in [0.717, 1.165) is 19.3 Å². The third-order valence-electron chi connectivity index (χ3n) is 4.31. The Kier molecular flexibility index (Phi) is 7.66. The summed E-state index contributed by atoms with van der Waals surface area (Å²) in [6.07, 6.45) is 3.17. The normalized spacial score (nSPS) is 17.2. The van der Waals surface area contributed by atoms with E-state index in [1.54, 1.807) is 24.1 Å². The van der Waals surface area contributed by atoms with Crippen molar-refractivity contribution < 1.29 is 18.7 Å². The number of hydrogen-bond donors (Lipinski definition) is 2. The molecule has 0 aliphatic carbocycles. The summed E-state index contributed by atoms with van der Waals surface area (Å²) in [5, 5.41) is 5.59. The molecule has 6 nitrogen and oxygen atoms in total. The molecule has 0 aromatic heterocycles. The van der Waals surface area contributed by atoms with Gasteiger partial charge in [-0.3, -0.25) is 4.79 Å². The smallest absolute Gasteiger partial charge is 0.321 e. The summed E-state index contributed by atoms with van der Waals surface area (Å²) in [6.45, 7) is 2.36. The number of rotatable bonds is 7. The predicted octanol–water partition coefficient (Wildman–Crippen LogP) is 2.61. The Labute approximate surface area is 147 Å². The van der Waals surface area contributed by atoms with Crippen LogP contribution in [0.25, 0.3) is 0 Å². The monoisotopic (exact) mass is 351 g/mol. The lowest BCUT2D eigenvalue weighted by Crippen LogP contribution is -2.42. The van der Waals surface area contributed by atoms with Gasteiger partial charge in [-0.1, -0.05) is 0 Å². The standard InChI is InChI=1S/C18H26FN3O3/c1-25-12-10-20-17(23)9-4-14-3-2-11-22(13-14)18(24)21-16-7-5-15(19)6-8-16/h5-8,14H,2-4,9-13H2,1H3,(H,20,23)(H,21,24)/t14-/m1/s1. The molecule has 7 heteroatoms. The maximum atomic E-state index is 12.9. The number of urea groups is 1. The number of carbonyl (C=O) groups excluding carboxylic acids is 2. The Bertz CT molecular complexity index is 565. The van der Waals surface area contributed by atoms with Crippen molar-refractivity contribution in [3.8, 4) is 0 Å². The van der Waals surface area contributed by atoms with Gasteiger partial charge in [-0.05, 0) is 49.4 Å². The SMILES string of the molecule is COCCNC(=O)CC[C@H]1CCCN(C(=O)Nc2ccc(F)cc2)C1. The van der Waals surface area contributed by atoms with Crippen LogP contribution in [0.5, 0.6) is 0 Å². The van der Waals surface area contributed by atoms with Crippen molar-refractivity contribution in [3.05, 3.63) is 30.1 Å². The molecule has 1 aromatic carbocycles. The van der Waals surface area contributed by atoms with Gasteiger partial charge in [0.2, 0.25) is 5.91 Å². The molecule has 138 valence electrons. The Morgan fingerprint density at radius 2 is 2.08 bits per heavy atom. The number of nitrogens with one attached hydrogen (secondary N) is 2. The number of hydrogen-bond acceptors (Lipinski definition) is 3. The van der Waals surface area contributed by atoms with Gasteiger partial charge in [0.05, 0.1) is 6.61 Å². The lowest BCUT2D eigenvalue weighted by Gasteiger charge is -2.32. The van der Waals surface area contributed by atoms with Crippen molar-refractivity contribution in [3.63, 3.8) is 0 Å². The van der Waals surface area contributed by atoms with E-state index >= 15 is 0 Å². The first kappa shape index (κ1) is 19.2. The minimum absolute atomic E-state index is 0.0185. The number of nitrogens with zero attached hydrogens (tertiary/aromatic N) is 1. The molecule has 2 N–H and O–H groups in total. The number of anilines is 1. The van der Waals surface area contributed by atoms with Crippen molar-refractivity contribution >= 4 is 17.6 Å². The van der Waals surface area contributed by atoms with Crippen molar-refractivity contribution in [2.75, 3.05) is 38.7 Å². The topological polar surface area (TPSA) is 70.7 Å². The van der Waals surface area contributed by atoms with Crippen molar-refractivity contribution in [2.45, 2.75) is 25.7 Å². The summed E-state index contributed by atoms with van der Waals surface area (Å²) in [7, 11) is 1.60. The summed E-state index contributed by atoms with van der Waals surface area (Å²) in [4.78, 5) is 25.9. The molecule has 1 fully saturated rings. The van der Waals surface area contributed by atoms with Gasteiger partial charge in [0.15, 0.2) is 0 Å². The average molecular weight is 351 g/mol. The van der Waals surface area contributed by atoms with Crippen LogP contribution in [0.15, 0.2) is 24.3 Å². The highest BCUT2D eigenvalue weighted by atomic mass is 19.1. The van der Waals surface area contributed by atoms with E-state index in [2.05, 4.69) is 10.6 Å². The van der Waals surface area contributed by atoms with Gasteiger partial charge in [-0.2, -0.15) is 0 Å². The highest BCUT2D eigenvalue weighted by Gasteiger charge is 2.24. The van der Waals surface area contributed by atoms with Gasteiger partial charge in [-0.15, -0.1) is 0 Å². The van der Waals surface area contributed by atoms with E-state index in [-0.39, 0.29) is 17.8 Å². The number of carbonyl (C=O) groups is 2. The molecule has 3 amide bonds. The zero-order valence-electron chi connectivity index (χ0n) is 14.6. The number of piperidine rings is 1. The fraction of sp³-hybridized carbons (Fsp3) is 0.556. The van der Waals surface area contributed by atoms with Crippen LogP contribution in [0.1, 0.15) is 25.7 Å². The number of halogens is 1. The predicted molar refractivity (Wildman–Crippen MR) is 93.8 cm³/mol. The first-order valence-electron chi connectivity index (χ1n) is 8.65. The molecule has 1 saturated heterocycles. The largest absolute Gasteiger partial charge is 0.383 e. The second-order valence-corrected chi connectivity index (χ2v) is 6.27. The van der Waals surface area contributed by atoms with E-state index in [4.69, 9.17) is 4.74 Å². The minimum Gasteiger partial charge on any atom is -0.383 e. The van der Waals surface area contributed by atoms with Gasteiger partial charge in [0, 0.05) is 38.9 Å². The molecular weight excluding hydrogens is 325 g/mol. The molecule has 1 atom stereocenters. The number of ether oxygens (including phenoxy) is 1. The number of methoxy groups -OCH3 is 1. The number of benzene rings is 1. The van der Waals surface area contributed by atoms with Gasteiger partial charge >= 0.3 is 6.03 Å². The maximum absolute atomic E-state index is 12.9. The first-order chi connectivity index (χ1) is 12.1. The van der Waals surface area contributed by atoms with Gasteiger partial charge in [0.25, 0.3) is 0 Å². The fourth-order valence-electron chi connectivity index (χ4n) is 2.94. The number of likely N-dealkylation sites (tertiary alicyclic amines) is 1. The van der Waals surface area contributed by atoms with Crippen molar-refractivity contribution in [1.82, 2.24) is 10.2 Å². The second-order valence-electron chi connectivity index (χ2n) is 6.27. The van der Waals surface area contributed by atoms with E-state index in [1.165, 1.54) is 12.1 Å². The van der Waals surface area contributed by atoms with Crippen LogP contribution in [0.3, 0.4) is 0 Å². The lowest BCUT2D eigenvalue weighted by molar-refractivity contribution is -0.121. The van der Waals surface area contributed by atoms with Crippen LogP contribution in [0.4, 0.5) is 14.9 Å². The molecule has 2 rings (SSSR count). The quantitative estimate of drug-likeness (QED) is 0.742. The fourth-order valence-corrected chi connectivity index (χ4v) is 2.94. The maximum Gasteiger partial charge on any atom is 0.321 e. The average Bonchev–Trinajstić information content (AvgIpc) is 2.62. The van der Waals surface area contributed by atoms with Crippen LogP contribution in [0, 0.1) is 11.7 Å². The molecule has 1 aliphatic heterocycles. The van der Waals surface area contributed by atoms with Crippen LogP contribution in [0.2, 0.25) is 0 Å². The van der Waals surface area contributed by atoms with Crippen LogP contribution in [-0.4, -0.2) is 50.2 Å². The van der Waals surface area contributed by atoms with E-state index < -0.39 is 0 Å². The molecule has 0 saturated carbocycles. The number of amides is 3. The van der Waals surface area contributed by atoms with Crippen LogP contribution >= 0.6 is 0 Å². The molecular formula is C18H26FN3O3. The molecule has 1 aliphatic rings. The Morgan fingerprint density at radius 3 is 2.80 bits per heavy atom. The van der Waals surface area contributed by atoms with Crippen LogP contribution in [-0.2, 0) is 9.53 Å². The molecule has 1 aromatic rings. The van der Waals surface area contributed by atoms with Crippen molar-refractivity contribution in [1.29, 1.82) is 0 Å². The summed E-state index contributed by atoms with van der Waals surface area (Å²) in [6, 6.07) is 5.53. The van der Waals surface area contributed by atoms with Gasteiger partial charge < -0.3 is 20.3 Å². The second kappa shape index (κ2) is 9.98. The van der Waals surface area contributed by atoms with E-state index in [9.17, 15) is 14.0 Å². The molecule has 0 radical (unpaired) electrons.